The van der Waals surface area contributed by atoms with E-state index >= 15 is 0 Å². The standard InChI is InChI=1S/C80H57N3/c1-6-24-62(25-7-1)81(63-26-8-2-9-27-63)67-50-42-58(43-51-67)79(75-38-20-16-34-71(75)72-35-17-21-39-76(72)79)60-46-54-69(55-47-60)83(66-32-14-5-15-33-66)70-56-48-61(49-57-70)80(77-40-22-18-36-73(77)74-37-19-23-41-78(74)80)59-44-52-68(53-45-59)82(64-28-10-3-11-29-64)65-30-12-4-13-31-65/h1-57H. The molecule has 0 radical (unpaired) electrons. The Balaban J connectivity index is 0.846. The molecule has 0 aliphatic heterocycles. The highest BCUT2D eigenvalue weighted by Gasteiger charge is 2.47. The second kappa shape index (κ2) is 20.7. The summed E-state index contributed by atoms with van der Waals surface area (Å²) in [5.41, 5.74) is 23.7. The van der Waals surface area contributed by atoms with Crippen molar-refractivity contribution in [2.24, 2.45) is 0 Å². The average molecular weight is 1060 g/mol. The van der Waals surface area contributed by atoms with Gasteiger partial charge in [-0.15, -0.1) is 0 Å². The molecule has 0 spiro atoms. The Hall–Kier alpha value is -10.7. The Bertz CT molecular complexity index is 3950. The SMILES string of the molecule is c1ccc(N(c2ccccc2)c2ccc(C3(c4ccc(N(c5ccccc5)c5ccc(C6(c7ccc(N(c8ccccc8)c8ccccc8)cc7)c7ccccc7-c7ccccc76)cc5)cc4)c4ccccc4-c4ccccc43)cc2)cc1. The van der Waals surface area contributed by atoms with Crippen LogP contribution in [0.3, 0.4) is 0 Å². The van der Waals surface area contributed by atoms with Gasteiger partial charge in [-0.2, -0.15) is 0 Å². The van der Waals surface area contributed by atoms with E-state index < -0.39 is 10.8 Å². The van der Waals surface area contributed by atoms with Gasteiger partial charge >= 0.3 is 0 Å². The molecule has 0 N–H and O–H groups in total. The molecule has 2 aliphatic rings. The second-order valence-electron chi connectivity index (χ2n) is 21.6. The third-order valence-electron chi connectivity index (χ3n) is 17.2. The van der Waals surface area contributed by atoms with E-state index in [1.165, 1.54) is 66.8 Å². The van der Waals surface area contributed by atoms with Crippen LogP contribution < -0.4 is 14.7 Å². The smallest absolute Gasteiger partial charge is 0.0713 e. The molecule has 13 aromatic rings. The van der Waals surface area contributed by atoms with E-state index in [9.17, 15) is 0 Å². The van der Waals surface area contributed by atoms with E-state index in [4.69, 9.17) is 0 Å². The fraction of sp³-hybridized carbons (Fsp3) is 0.0250. The van der Waals surface area contributed by atoms with Crippen molar-refractivity contribution in [2.75, 3.05) is 14.7 Å². The summed E-state index contributed by atoms with van der Waals surface area (Å²) in [6, 6.07) is 127. The molecule has 3 nitrogen and oxygen atoms in total. The fourth-order valence-corrected chi connectivity index (χ4v) is 13.7. The molecule has 0 saturated heterocycles. The average Bonchev–Trinajstić information content (AvgIpc) is 2.11. The summed E-state index contributed by atoms with van der Waals surface area (Å²) in [5.74, 6) is 0. The molecule has 13 aromatic carbocycles. The Morgan fingerprint density at radius 2 is 0.301 bits per heavy atom. The predicted octanol–water partition coefficient (Wildman–Crippen LogP) is 20.8. The molecular formula is C80H57N3. The molecule has 0 heterocycles. The van der Waals surface area contributed by atoms with Crippen molar-refractivity contribution < 1.29 is 0 Å². The monoisotopic (exact) mass is 1060 g/mol. The van der Waals surface area contributed by atoms with Crippen molar-refractivity contribution in [2.45, 2.75) is 10.8 Å². The molecular weight excluding hydrogens is 1000 g/mol. The van der Waals surface area contributed by atoms with E-state index in [1.54, 1.807) is 0 Å². The minimum atomic E-state index is -0.588. The van der Waals surface area contributed by atoms with Crippen molar-refractivity contribution in [1.29, 1.82) is 0 Å². The molecule has 0 aromatic heterocycles. The number of fused-ring (bicyclic) bond motifs is 6. The molecule has 0 fully saturated rings. The van der Waals surface area contributed by atoms with E-state index in [1.807, 2.05) is 0 Å². The zero-order valence-corrected chi connectivity index (χ0v) is 45.8. The molecule has 83 heavy (non-hydrogen) atoms. The van der Waals surface area contributed by atoms with Gasteiger partial charge in [-0.3, -0.25) is 0 Å². The van der Waals surface area contributed by atoms with E-state index in [2.05, 4.69) is 360 Å². The van der Waals surface area contributed by atoms with Gasteiger partial charge in [0.1, 0.15) is 0 Å². The lowest BCUT2D eigenvalue weighted by Crippen LogP contribution is -2.29. The van der Waals surface area contributed by atoms with Gasteiger partial charge in [-0.05, 0) is 176 Å². The third kappa shape index (κ3) is 8.11. The summed E-state index contributed by atoms with van der Waals surface area (Å²) in [6.45, 7) is 0. The molecule has 0 unspecified atom stereocenters. The van der Waals surface area contributed by atoms with E-state index in [0.29, 0.717) is 0 Å². The van der Waals surface area contributed by atoms with E-state index in [0.717, 1.165) is 51.2 Å². The minimum absolute atomic E-state index is 0.588. The Kier molecular flexibility index (Phi) is 12.3. The van der Waals surface area contributed by atoms with Gasteiger partial charge in [-0.25, -0.2) is 0 Å². The number of hydrogen-bond donors (Lipinski definition) is 0. The van der Waals surface area contributed by atoms with Crippen LogP contribution in [0.4, 0.5) is 51.2 Å². The lowest BCUT2D eigenvalue weighted by Gasteiger charge is -2.35. The second-order valence-corrected chi connectivity index (χ2v) is 21.6. The van der Waals surface area contributed by atoms with Gasteiger partial charge in [0.15, 0.2) is 0 Å². The molecule has 0 saturated carbocycles. The van der Waals surface area contributed by atoms with E-state index in [-0.39, 0.29) is 0 Å². The first-order valence-corrected chi connectivity index (χ1v) is 28.7. The van der Waals surface area contributed by atoms with Gasteiger partial charge in [0.2, 0.25) is 0 Å². The summed E-state index contributed by atoms with van der Waals surface area (Å²) >= 11 is 0. The highest BCUT2D eigenvalue weighted by Crippen LogP contribution is 2.59. The van der Waals surface area contributed by atoms with Crippen LogP contribution in [0.25, 0.3) is 22.3 Å². The quantitative estimate of drug-likeness (QED) is 0.114. The highest BCUT2D eigenvalue weighted by molar-refractivity contribution is 5.90. The predicted molar refractivity (Wildman–Crippen MR) is 345 cm³/mol. The first kappa shape index (κ1) is 49.3. The van der Waals surface area contributed by atoms with Crippen LogP contribution in [0.15, 0.2) is 346 Å². The molecule has 0 atom stereocenters. The highest BCUT2D eigenvalue weighted by atomic mass is 15.2. The molecule has 15 rings (SSSR count). The van der Waals surface area contributed by atoms with Crippen LogP contribution in [0, 0.1) is 0 Å². The van der Waals surface area contributed by atoms with Gasteiger partial charge in [0.25, 0.3) is 0 Å². The van der Waals surface area contributed by atoms with Crippen molar-refractivity contribution in [3.8, 4) is 22.3 Å². The van der Waals surface area contributed by atoms with Crippen LogP contribution in [-0.4, -0.2) is 0 Å². The number of nitrogens with zero attached hydrogens (tertiary/aromatic N) is 3. The van der Waals surface area contributed by atoms with Crippen LogP contribution >= 0.6 is 0 Å². The van der Waals surface area contributed by atoms with Crippen molar-refractivity contribution in [3.05, 3.63) is 390 Å². The van der Waals surface area contributed by atoms with Crippen molar-refractivity contribution >= 4 is 51.2 Å². The molecule has 392 valence electrons. The van der Waals surface area contributed by atoms with Crippen molar-refractivity contribution in [1.82, 2.24) is 0 Å². The number of rotatable bonds is 13. The number of benzene rings is 13. The zero-order valence-electron chi connectivity index (χ0n) is 45.8. The number of para-hydroxylation sites is 5. The maximum absolute atomic E-state index is 2.40. The number of hydrogen-bond acceptors (Lipinski definition) is 3. The lowest BCUT2D eigenvalue weighted by molar-refractivity contribution is 0.768. The Morgan fingerprint density at radius 3 is 0.494 bits per heavy atom. The normalized spacial score (nSPS) is 13.0. The molecule has 3 heteroatoms. The Labute approximate surface area is 486 Å². The van der Waals surface area contributed by atoms with Gasteiger partial charge < -0.3 is 14.7 Å². The molecule has 0 bridgehead atoms. The fourth-order valence-electron chi connectivity index (χ4n) is 13.7. The van der Waals surface area contributed by atoms with Crippen LogP contribution in [0.2, 0.25) is 0 Å². The van der Waals surface area contributed by atoms with Crippen LogP contribution in [0.5, 0.6) is 0 Å². The maximum Gasteiger partial charge on any atom is 0.0713 e. The number of anilines is 9. The van der Waals surface area contributed by atoms with Gasteiger partial charge in [-0.1, -0.05) is 237 Å². The van der Waals surface area contributed by atoms with Crippen molar-refractivity contribution in [3.63, 3.8) is 0 Å². The summed E-state index contributed by atoms with van der Waals surface area (Å²) in [4.78, 5) is 7.07. The third-order valence-corrected chi connectivity index (χ3v) is 17.2. The van der Waals surface area contributed by atoms with Crippen LogP contribution in [-0.2, 0) is 10.8 Å². The molecule has 2 aliphatic carbocycles. The van der Waals surface area contributed by atoms with Gasteiger partial charge in [0.05, 0.1) is 10.8 Å². The first-order valence-electron chi connectivity index (χ1n) is 28.7. The lowest BCUT2D eigenvalue weighted by atomic mass is 9.67. The van der Waals surface area contributed by atoms with Crippen LogP contribution in [0.1, 0.15) is 44.5 Å². The zero-order chi connectivity index (χ0) is 55.2. The summed E-state index contributed by atoms with van der Waals surface area (Å²) < 4.78 is 0. The topological polar surface area (TPSA) is 9.72 Å². The maximum atomic E-state index is 2.40. The summed E-state index contributed by atoms with van der Waals surface area (Å²) in [6.07, 6.45) is 0. The largest absolute Gasteiger partial charge is 0.311 e. The Morgan fingerprint density at radius 1 is 0.145 bits per heavy atom. The summed E-state index contributed by atoms with van der Waals surface area (Å²) in [5, 5.41) is 0. The summed E-state index contributed by atoms with van der Waals surface area (Å²) in [7, 11) is 0. The minimum Gasteiger partial charge on any atom is -0.311 e. The molecule has 0 amide bonds. The first-order chi connectivity index (χ1) is 41.2. The van der Waals surface area contributed by atoms with Gasteiger partial charge in [0, 0.05) is 51.2 Å².